The van der Waals surface area contributed by atoms with E-state index in [1.54, 1.807) is 24.3 Å². The quantitative estimate of drug-likeness (QED) is 0.888. The number of para-hydroxylation sites is 1. The Morgan fingerprint density at radius 2 is 2.00 bits per heavy atom. The number of benzene rings is 2. The van der Waals surface area contributed by atoms with E-state index in [4.69, 9.17) is 9.47 Å². The van der Waals surface area contributed by atoms with Gasteiger partial charge in [-0.3, -0.25) is 4.79 Å². The normalized spacial score (nSPS) is 10.1. The minimum absolute atomic E-state index is 0.158. The van der Waals surface area contributed by atoms with E-state index in [2.05, 4.69) is 5.32 Å². The van der Waals surface area contributed by atoms with Crippen molar-refractivity contribution in [1.29, 1.82) is 0 Å². The predicted octanol–water partition coefficient (Wildman–Crippen LogP) is 3.36. The molecular weight excluding hydrogens is 282 g/mol. The number of amides is 1. The van der Waals surface area contributed by atoms with Crippen molar-refractivity contribution in [1.82, 2.24) is 0 Å². The summed E-state index contributed by atoms with van der Waals surface area (Å²) in [4.78, 5) is 12.3. The second kappa shape index (κ2) is 6.85. The highest BCUT2D eigenvalue weighted by Crippen LogP contribution is 2.30. The summed E-state index contributed by atoms with van der Waals surface area (Å²) >= 11 is 0. The summed E-state index contributed by atoms with van der Waals surface area (Å²) < 4.78 is 10.5. The van der Waals surface area contributed by atoms with Crippen LogP contribution in [0.5, 0.6) is 17.2 Å². The molecule has 2 rings (SSSR count). The number of carbonyl (C=O) groups is 1. The van der Waals surface area contributed by atoms with Crippen molar-refractivity contribution in [3.05, 3.63) is 47.5 Å². The van der Waals surface area contributed by atoms with E-state index in [1.807, 2.05) is 19.9 Å². The highest BCUT2D eigenvalue weighted by atomic mass is 16.5. The fourth-order valence-electron chi connectivity index (χ4n) is 2.11. The predicted molar refractivity (Wildman–Crippen MR) is 85.0 cm³/mol. The molecule has 1 amide bonds. The Bertz CT molecular complexity index is 682. The molecule has 0 aromatic heterocycles. The number of anilines is 1. The van der Waals surface area contributed by atoms with Gasteiger partial charge in [-0.25, -0.2) is 0 Å². The molecular formula is C17H19NO4. The zero-order valence-electron chi connectivity index (χ0n) is 12.8. The van der Waals surface area contributed by atoms with Crippen LogP contribution in [-0.4, -0.2) is 24.7 Å². The van der Waals surface area contributed by atoms with Crippen LogP contribution in [0.25, 0.3) is 0 Å². The van der Waals surface area contributed by atoms with Crippen molar-refractivity contribution in [2.24, 2.45) is 0 Å². The highest BCUT2D eigenvalue weighted by molar-refractivity contribution is 6.06. The van der Waals surface area contributed by atoms with Gasteiger partial charge in [0.1, 0.15) is 5.75 Å². The summed E-state index contributed by atoms with van der Waals surface area (Å²) in [5, 5.41) is 12.8. The van der Waals surface area contributed by atoms with Crippen molar-refractivity contribution in [3.8, 4) is 17.2 Å². The van der Waals surface area contributed by atoms with Crippen molar-refractivity contribution < 1.29 is 19.4 Å². The number of hydrogen-bond acceptors (Lipinski definition) is 4. The molecule has 0 heterocycles. The zero-order valence-corrected chi connectivity index (χ0v) is 12.8. The summed E-state index contributed by atoms with van der Waals surface area (Å²) in [5.74, 6) is 0.463. The van der Waals surface area contributed by atoms with Crippen molar-refractivity contribution >= 4 is 11.6 Å². The van der Waals surface area contributed by atoms with Gasteiger partial charge in [-0.05, 0) is 49.7 Å². The van der Waals surface area contributed by atoms with Crippen LogP contribution >= 0.6 is 0 Å². The molecule has 0 bridgehead atoms. The van der Waals surface area contributed by atoms with E-state index >= 15 is 0 Å². The van der Waals surface area contributed by atoms with Gasteiger partial charge < -0.3 is 19.9 Å². The van der Waals surface area contributed by atoms with Crippen LogP contribution in [0, 0.1) is 6.92 Å². The molecule has 0 aliphatic carbocycles. The number of ether oxygens (including phenoxy) is 2. The fraction of sp³-hybridized carbons (Fsp3) is 0.235. The van der Waals surface area contributed by atoms with E-state index in [1.165, 1.54) is 13.2 Å². The monoisotopic (exact) mass is 301 g/mol. The molecule has 0 spiro atoms. The minimum atomic E-state index is -0.403. The van der Waals surface area contributed by atoms with Crippen LogP contribution in [0.2, 0.25) is 0 Å². The third kappa shape index (κ3) is 3.31. The number of phenolic OH excluding ortho intramolecular Hbond substituents is 1. The van der Waals surface area contributed by atoms with Gasteiger partial charge in [0, 0.05) is 5.69 Å². The molecule has 2 aromatic rings. The SMILES string of the molecule is CCOc1ccc(NC(=O)c2cccc(OC)c2O)cc1C. The molecule has 0 fully saturated rings. The molecule has 0 aliphatic heterocycles. The van der Waals surface area contributed by atoms with Gasteiger partial charge in [-0.2, -0.15) is 0 Å². The summed E-state index contributed by atoms with van der Waals surface area (Å²) in [6, 6.07) is 10.2. The van der Waals surface area contributed by atoms with Gasteiger partial charge in [0.25, 0.3) is 5.91 Å². The summed E-state index contributed by atoms with van der Waals surface area (Å²) in [7, 11) is 1.44. The number of carbonyl (C=O) groups excluding carboxylic acids is 1. The molecule has 0 saturated carbocycles. The number of rotatable bonds is 5. The number of methoxy groups -OCH3 is 1. The Balaban J connectivity index is 2.20. The Kier molecular flexibility index (Phi) is 4.88. The Morgan fingerprint density at radius 3 is 2.64 bits per heavy atom. The maximum atomic E-state index is 12.3. The van der Waals surface area contributed by atoms with Crippen molar-refractivity contribution in [2.75, 3.05) is 19.0 Å². The average molecular weight is 301 g/mol. The molecule has 0 atom stereocenters. The van der Waals surface area contributed by atoms with Gasteiger partial charge in [0.15, 0.2) is 11.5 Å². The van der Waals surface area contributed by atoms with E-state index in [0.29, 0.717) is 12.3 Å². The van der Waals surface area contributed by atoms with Gasteiger partial charge in [-0.1, -0.05) is 6.07 Å². The van der Waals surface area contributed by atoms with E-state index in [0.717, 1.165) is 11.3 Å². The second-order valence-electron chi connectivity index (χ2n) is 4.72. The molecule has 22 heavy (non-hydrogen) atoms. The van der Waals surface area contributed by atoms with Crippen molar-refractivity contribution in [2.45, 2.75) is 13.8 Å². The molecule has 116 valence electrons. The first-order valence-corrected chi connectivity index (χ1v) is 6.97. The summed E-state index contributed by atoms with van der Waals surface area (Å²) in [6.45, 7) is 4.41. The van der Waals surface area contributed by atoms with Crippen LogP contribution in [0.3, 0.4) is 0 Å². The van der Waals surface area contributed by atoms with Crippen molar-refractivity contribution in [3.63, 3.8) is 0 Å². The first kappa shape index (κ1) is 15.7. The number of nitrogens with one attached hydrogen (secondary N) is 1. The first-order valence-electron chi connectivity index (χ1n) is 6.97. The molecule has 0 saturated heterocycles. The molecule has 0 radical (unpaired) electrons. The first-order chi connectivity index (χ1) is 10.6. The van der Waals surface area contributed by atoms with E-state index in [9.17, 15) is 9.90 Å². The third-order valence-electron chi connectivity index (χ3n) is 3.20. The van der Waals surface area contributed by atoms with Crippen LogP contribution in [0.1, 0.15) is 22.8 Å². The Labute approximate surface area is 129 Å². The van der Waals surface area contributed by atoms with Crippen LogP contribution < -0.4 is 14.8 Å². The van der Waals surface area contributed by atoms with Crippen LogP contribution in [0.4, 0.5) is 5.69 Å². The molecule has 2 aromatic carbocycles. The van der Waals surface area contributed by atoms with Gasteiger partial charge in [-0.15, -0.1) is 0 Å². The van der Waals surface area contributed by atoms with E-state index < -0.39 is 5.91 Å². The lowest BCUT2D eigenvalue weighted by molar-refractivity contribution is 0.102. The van der Waals surface area contributed by atoms with Gasteiger partial charge in [0.2, 0.25) is 0 Å². The highest BCUT2D eigenvalue weighted by Gasteiger charge is 2.15. The second-order valence-corrected chi connectivity index (χ2v) is 4.72. The molecule has 2 N–H and O–H groups in total. The van der Waals surface area contributed by atoms with Gasteiger partial charge >= 0.3 is 0 Å². The average Bonchev–Trinajstić information content (AvgIpc) is 2.50. The molecule has 0 unspecified atom stereocenters. The molecule has 0 aliphatic rings. The maximum Gasteiger partial charge on any atom is 0.259 e. The van der Waals surface area contributed by atoms with Crippen LogP contribution in [0.15, 0.2) is 36.4 Å². The zero-order chi connectivity index (χ0) is 16.1. The lowest BCUT2D eigenvalue weighted by atomic mass is 10.1. The molecule has 5 nitrogen and oxygen atoms in total. The summed E-state index contributed by atoms with van der Waals surface area (Å²) in [5.41, 5.74) is 1.72. The maximum absolute atomic E-state index is 12.3. The number of aromatic hydroxyl groups is 1. The van der Waals surface area contributed by atoms with Crippen LogP contribution in [-0.2, 0) is 0 Å². The Hall–Kier alpha value is -2.69. The molecule has 5 heteroatoms. The van der Waals surface area contributed by atoms with Gasteiger partial charge in [0.05, 0.1) is 19.3 Å². The smallest absolute Gasteiger partial charge is 0.259 e. The Morgan fingerprint density at radius 1 is 1.23 bits per heavy atom. The lowest BCUT2D eigenvalue weighted by Crippen LogP contribution is -2.12. The number of aryl methyl sites for hydroxylation is 1. The number of hydrogen-bond donors (Lipinski definition) is 2. The van der Waals surface area contributed by atoms with E-state index in [-0.39, 0.29) is 17.1 Å². The minimum Gasteiger partial charge on any atom is -0.504 e. The number of phenols is 1. The standard InChI is InChI=1S/C17H19NO4/c1-4-22-14-9-8-12(10-11(14)2)18-17(20)13-6-5-7-15(21-3)16(13)19/h5-10,19H,4H2,1-3H3,(H,18,20). The third-order valence-corrected chi connectivity index (χ3v) is 3.20. The largest absolute Gasteiger partial charge is 0.504 e. The topological polar surface area (TPSA) is 67.8 Å². The summed E-state index contributed by atoms with van der Waals surface area (Å²) in [6.07, 6.45) is 0. The fourth-order valence-corrected chi connectivity index (χ4v) is 2.11. The lowest BCUT2D eigenvalue weighted by Gasteiger charge is -2.11.